The van der Waals surface area contributed by atoms with Gasteiger partial charge in [-0.15, -0.1) is 0 Å². The smallest absolute Gasteiger partial charge is 0.340 e. The van der Waals surface area contributed by atoms with Crippen LogP contribution in [0.3, 0.4) is 0 Å². The summed E-state index contributed by atoms with van der Waals surface area (Å²) in [6.45, 7) is 3.75. The molecule has 6 nitrogen and oxygen atoms in total. The maximum Gasteiger partial charge on any atom is 0.340 e. The van der Waals surface area contributed by atoms with Gasteiger partial charge in [0.15, 0.2) is 0 Å². The number of aryl methyl sites for hydroxylation is 1. The van der Waals surface area contributed by atoms with Crippen LogP contribution in [0.2, 0.25) is 0 Å². The SMILES string of the molecule is COC(=O)c1c(C)c(C)cc2nc(OC)c(OC)nc12. The van der Waals surface area contributed by atoms with Gasteiger partial charge in [0.05, 0.1) is 32.4 Å². The minimum atomic E-state index is -0.447. The van der Waals surface area contributed by atoms with Gasteiger partial charge in [-0.1, -0.05) is 0 Å². The van der Waals surface area contributed by atoms with E-state index in [1.165, 1.54) is 21.3 Å². The Morgan fingerprint density at radius 2 is 1.65 bits per heavy atom. The highest BCUT2D eigenvalue weighted by molar-refractivity contribution is 6.03. The number of ether oxygens (including phenoxy) is 3. The molecule has 1 aromatic heterocycles. The van der Waals surface area contributed by atoms with Crippen molar-refractivity contribution in [2.24, 2.45) is 0 Å². The fourth-order valence-corrected chi connectivity index (χ4v) is 2.01. The van der Waals surface area contributed by atoms with Crippen molar-refractivity contribution in [1.29, 1.82) is 0 Å². The van der Waals surface area contributed by atoms with Crippen molar-refractivity contribution < 1.29 is 19.0 Å². The largest absolute Gasteiger partial charge is 0.477 e. The number of aromatic nitrogens is 2. The van der Waals surface area contributed by atoms with E-state index in [9.17, 15) is 4.79 Å². The van der Waals surface area contributed by atoms with E-state index >= 15 is 0 Å². The summed E-state index contributed by atoms with van der Waals surface area (Å²) in [7, 11) is 4.29. The predicted octanol–water partition coefficient (Wildman–Crippen LogP) is 2.05. The molecule has 0 aliphatic heterocycles. The molecular formula is C14H16N2O4. The monoisotopic (exact) mass is 276 g/mol. The van der Waals surface area contributed by atoms with Crippen LogP contribution in [0.4, 0.5) is 0 Å². The Balaban J connectivity index is 2.88. The number of benzene rings is 1. The summed E-state index contributed by atoms with van der Waals surface area (Å²) in [4.78, 5) is 20.6. The van der Waals surface area contributed by atoms with Gasteiger partial charge in [-0.25, -0.2) is 14.8 Å². The van der Waals surface area contributed by atoms with Crippen molar-refractivity contribution in [2.45, 2.75) is 13.8 Å². The van der Waals surface area contributed by atoms with E-state index in [-0.39, 0.29) is 11.8 Å². The zero-order chi connectivity index (χ0) is 14.9. The fraction of sp³-hybridized carbons (Fsp3) is 0.357. The van der Waals surface area contributed by atoms with Crippen LogP contribution in [-0.4, -0.2) is 37.3 Å². The molecule has 0 fully saturated rings. The highest BCUT2D eigenvalue weighted by atomic mass is 16.5. The number of esters is 1. The van der Waals surface area contributed by atoms with E-state index in [2.05, 4.69) is 9.97 Å². The number of carbonyl (C=O) groups excluding carboxylic acids is 1. The molecule has 0 atom stereocenters. The first-order valence-corrected chi connectivity index (χ1v) is 6.01. The summed E-state index contributed by atoms with van der Waals surface area (Å²) < 4.78 is 15.1. The molecular weight excluding hydrogens is 260 g/mol. The molecule has 0 aliphatic rings. The topological polar surface area (TPSA) is 70.5 Å². The van der Waals surface area contributed by atoms with Gasteiger partial charge in [-0.2, -0.15) is 0 Å². The second kappa shape index (κ2) is 5.32. The molecule has 106 valence electrons. The maximum absolute atomic E-state index is 12.0. The molecule has 0 bridgehead atoms. The quantitative estimate of drug-likeness (QED) is 0.799. The second-order valence-electron chi connectivity index (χ2n) is 4.29. The Bertz CT molecular complexity index is 683. The Kier molecular flexibility index (Phi) is 3.74. The normalized spacial score (nSPS) is 10.4. The van der Waals surface area contributed by atoms with Crippen molar-refractivity contribution in [3.63, 3.8) is 0 Å². The Labute approximate surface area is 116 Å². The second-order valence-corrected chi connectivity index (χ2v) is 4.29. The van der Waals surface area contributed by atoms with Gasteiger partial charge in [0, 0.05) is 0 Å². The summed E-state index contributed by atoms with van der Waals surface area (Å²) in [5.74, 6) is 0.0604. The number of methoxy groups -OCH3 is 3. The zero-order valence-corrected chi connectivity index (χ0v) is 12.1. The Morgan fingerprint density at radius 3 is 2.20 bits per heavy atom. The highest BCUT2D eigenvalue weighted by Gasteiger charge is 2.20. The van der Waals surface area contributed by atoms with Crippen LogP contribution in [0.1, 0.15) is 21.5 Å². The summed E-state index contributed by atoms with van der Waals surface area (Å²) in [5.41, 5.74) is 3.14. The molecule has 0 amide bonds. The molecule has 20 heavy (non-hydrogen) atoms. The Hall–Kier alpha value is -2.37. The minimum absolute atomic E-state index is 0.230. The van der Waals surface area contributed by atoms with Gasteiger partial charge in [0.2, 0.25) is 0 Å². The third-order valence-electron chi connectivity index (χ3n) is 3.19. The molecule has 0 saturated carbocycles. The van der Waals surface area contributed by atoms with Crippen LogP contribution in [0.25, 0.3) is 11.0 Å². The number of carbonyl (C=O) groups is 1. The van der Waals surface area contributed by atoms with Crippen molar-refractivity contribution in [2.75, 3.05) is 21.3 Å². The lowest BCUT2D eigenvalue weighted by atomic mass is 10.0. The van der Waals surface area contributed by atoms with Crippen molar-refractivity contribution in [3.8, 4) is 11.8 Å². The molecule has 6 heteroatoms. The van der Waals surface area contributed by atoms with E-state index in [0.717, 1.165) is 11.1 Å². The van der Waals surface area contributed by atoms with E-state index in [1.807, 2.05) is 19.9 Å². The van der Waals surface area contributed by atoms with Gasteiger partial charge >= 0.3 is 5.97 Å². The summed E-state index contributed by atoms with van der Waals surface area (Å²) in [6, 6.07) is 1.85. The molecule has 0 N–H and O–H groups in total. The highest BCUT2D eigenvalue weighted by Crippen LogP contribution is 2.30. The van der Waals surface area contributed by atoms with Gasteiger partial charge in [-0.05, 0) is 31.0 Å². The van der Waals surface area contributed by atoms with Gasteiger partial charge in [0.1, 0.15) is 5.52 Å². The summed E-state index contributed by atoms with van der Waals surface area (Å²) in [6.07, 6.45) is 0. The molecule has 2 aromatic rings. The maximum atomic E-state index is 12.0. The van der Waals surface area contributed by atoms with Crippen LogP contribution >= 0.6 is 0 Å². The third kappa shape index (κ3) is 2.13. The number of fused-ring (bicyclic) bond motifs is 1. The van der Waals surface area contributed by atoms with Crippen molar-refractivity contribution in [3.05, 3.63) is 22.8 Å². The van der Waals surface area contributed by atoms with Crippen LogP contribution in [-0.2, 0) is 4.74 Å². The standard InChI is InChI=1S/C14H16N2O4/c1-7-6-9-11(10(8(7)2)14(17)20-5)16-13(19-4)12(15-9)18-3/h6H,1-5H3. The van der Waals surface area contributed by atoms with Crippen molar-refractivity contribution in [1.82, 2.24) is 9.97 Å². The van der Waals surface area contributed by atoms with Crippen molar-refractivity contribution >= 4 is 17.0 Å². The molecule has 0 spiro atoms. The average Bonchev–Trinajstić information content (AvgIpc) is 2.46. The van der Waals surface area contributed by atoms with Crippen LogP contribution in [0.5, 0.6) is 11.8 Å². The number of rotatable bonds is 3. The number of hydrogen-bond donors (Lipinski definition) is 0. The average molecular weight is 276 g/mol. The zero-order valence-electron chi connectivity index (χ0n) is 12.1. The first kappa shape index (κ1) is 14.0. The fourth-order valence-electron chi connectivity index (χ4n) is 2.01. The molecule has 1 aromatic carbocycles. The molecule has 0 saturated heterocycles. The predicted molar refractivity (Wildman–Crippen MR) is 73.5 cm³/mol. The lowest BCUT2D eigenvalue weighted by Crippen LogP contribution is -2.09. The molecule has 0 radical (unpaired) electrons. The Morgan fingerprint density at radius 1 is 1.05 bits per heavy atom. The minimum Gasteiger partial charge on any atom is -0.477 e. The molecule has 2 rings (SSSR count). The van der Waals surface area contributed by atoms with E-state index in [0.29, 0.717) is 16.6 Å². The van der Waals surface area contributed by atoms with Crippen LogP contribution in [0, 0.1) is 13.8 Å². The molecule has 0 unspecified atom stereocenters. The first-order chi connectivity index (χ1) is 9.53. The van der Waals surface area contributed by atoms with Gasteiger partial charge < -0.3 is 14.2 Å². The number of hydrogen-bond acceptors (Lipinski definition) is 6. The third-order valence-corrected chi connectivity index (χ3v) is 3.19. The van der Waals surface area contributed by atoms with Gasteiger partial charge in [-0.3, -0.25) is 0 Å². The van der Waals surface area contributed by atoms with Crippen LogP contribution < -0.4 is 9.47 Å². The molecule has 1 heterocycles. The number of nitrogens with zero attached hydrogens (tertiary/aromatic N) is 2. The van der Waals surface area contributed by atoms with E-state index < -0.39 is 5.97 Å². The summed E-state index contributed by atoms with van der Waals surface area (Å²) in [5, 5.41) is 0. The van der Waals surface area contributed by atoms with Gasteiger partial charge in [0.25, 0.3) is 11.8 Å². The van der Waals surface area contributed by atoms with E-state index in [4.69, 9.17) is 14.2 Å². The van der Waals surface area contributed by atoms with Crippen LogP contribution in [0.15, 0.2) is 6.07 Å². The lowest BCUT2D eigenvalue weighted by molar-refractivity contribution is 0.0602. The molecule has 0 aliphatic carbocycles. The van der Waals surface area contributed by atoms with E-state index in [1.54, 1.807) is 0 Å². The lowest BCUT2D eigenvalue weighted by Gasteiger charge is -2.12. The first-order valence-electron chi connectivity index (χ1n) is 6.01. The summed E-state index contributed by atoms with van der Waals surface area (Å²) >= 11 is 0.